The van der Waals surface area contributed by atoms with Gasteiger partial charge in [0.2, 0.25) is 0 Å². The number of carbonyl (C=O) groups is 1. The Morgan fingerprint density at radius 2 is 2.00 bits per heavy atom. The van der Waals surface area contributed by atoms with E-state index in [-0.39, 0.29) is 5.92 Å². The quantitative estimate of drug-likeness (QED) is 0.785. The van der Waals surface area contributed by atoms with Crippen molar-refractivity contribution in [3.63, 3.8) is 0 Å². The molecule has 1 atom stereocenters. The first kappa shape index (κ1) is 14.1. The summed E-state index contributed by atoms with van der Waals surface area (Å²) in [6.45, 7) is 5.88. The molecule has 0 aromatic heterocycles. The highest BCUT2D eigenvalue weighted by Crippen LogP contribution is 2.29. The van der Waals surface area contributed by atoms with Crippen molar-refractivity contribution in [3.8, 4) is 6.07 Å². The van der Waals surface area contributed by atoms with Gasteiger partial charge in [-0.1, -0.05) is 30.3 Å². The predicted molar refractivity (Wildman–Crippen MR) is 75.8 cm³/mol. The molecule has 1 aliphatic heterocycles. The first-order chi connectivity index (χ1) is 9.40. The van der Waals surface area contributed by atoms with Crippen LogP contribution in [0.2, 0.25) is 0 Å². The summed E-state index contributed by atoms with van der Waals surface area (Å²) in [6, 6.07) is 11.9. The fraction of sp³-hybridized carbons (Fsp3) is 0.375. The highest BCUT2D eigenvalue weighted by atomic mass is 16.6. The van der Waals surface area contributed by atoms with Crippen molar-refractivity contribution in [1.82, 2.24) is 4.90 Å². The average Bonchev–Trinajstić information content (AvgIpc) is 2.82. The number of allylic oxidation sites excluding steroid dienone is 1. The van der Waals surface area contributed by atoms with Crippen LogP contribution in [0.5, 0.6) is 0 Å². The zero-order valence-electron chi connectivity index (χ0n) is 12.0. The summed E-state index contributed by atoms with van der Waals surface area (Å²) in [5.41, 5.74) is 0.877. The summed E-state index contributed by atoms with van der Waals surface area (Å²) in [4.78, 5) is 13.5. The van der Waals surface area contributed by atoms with Gasteiger partial charge in [-0.2, -0.15) is 5.26 Å². The first-order valence-electron chi connectivity index (χ1n) is 6.58. The Labute approximate surface area is 119 Å². The zero-order chi connectivity index (χ0) is 14.8. The van der Waals surface area contributed by atoms with Crippen LogP contribution in [-0.2, 0) is 4.74 Å². The summed E-state index contributed by atoms with van der Waals surface area (Å²) >= 11 is 0. The monoisotopic (exact) mass is 270 g/mol. The zero-order valence-corrected chi connectivity index (χ0v) is 12.0. The second-order valence-electron chi connectivity index (χ2n) is 5.77. The lowest BCUT2D eigenvalue weighted by Crippen LogP contribution is -2.35. The minimum atomic E-state index is -0.567. The van der Waals surface area contributed by atoms with Crippen molar-refractivity contribution in [3.05, 3.63) is 47.7 Å². The number of hydrogen-bond donors (Lipinski definition) is 0. The molecule has 1 heterocycles. The van der Waals surface area contributed by atoms with E-state index in [0.717, 1.165) is 5.56 Å². The molecule has 0 saturated carbocycles. The Balaban J connectivity index is 2.17. The van der Waals surface area contributed by atoms with Crippen molar-refractivity contribution in [2.75, 3.05) is 6.54 Å². The standard InChI is InChI=1S/C16H18N2O2/c1-16(2,3)20-15(19)18-11-13(9-14(18)10-17)12-7-5-4-6-8-12/h4-9,13H,11H2,1-3H3. The Morgan fingerprint density at radius 3 is 2.55 bits per heavy atom. The average molecular weight is 270 g/mol. The smallest absolute Gasteiger partial charge is 0.415 e. The number of amides is 1. The van der Waals surface area contributed by atoms with Gasteiger partial charge in [-0.05, 0) is 32.4 Å². The lowest BCUT2D eigenvalue weighted by atomic mass is 10.0. The number of rotatable bonds is 1. The maximum absolute atomic E-state index is 12.1. The molecule has 4 heteroatoms. The molecule has 0 N–H and O–H groups in total. The van der Waals surface area contributed by atoms with E-state index >= 15 is 0 Å². The van der Waals surface area contributed by atoms with Crippen LogP contribution >= 0.6 is 0 Å². The predicted octanol–water partition coefficient (Wildman–Crippen LogP) is 3.43. The molecule has 2 rings (SSSR count). The molecule has 0 bridgehead atoms. The van der Waals surface area contributed by atoms with E-state index < -0.39 is 11.7 Å². The second kappa shape index (κ2) is 5.38. The molecule has 0 fully saturated rings. The minimum Gasteiger partial charge on any atom is -0.443 e. The number of hydrogen-bond acceptors (Lipinski definition) is 3. The highest BCUT2D eigenvalue weighted by molar-refractivity contribution is 5.72. The van der Waals surface area contributed by atoms with Crippen LogP contribution in [0.4, 0.5) is 4.79 Å². The number of ether oxygens (including phenoxy) is 1. The third-order valence-corrected chi connectivity index (χ3v) is 2.99. The van der Waals surface area contributed by atoms with Gasteiger partial charge in [0.1, 0.15) is 17.4 Å². The van der Waals surface area contributed by atoms with Gasteiger partial charge >= 0.3 is 6.09 Å². The molecule has 1 aliphatic rings. The van der Waals surface area contributed by atoms with E-state index in [9.17, 15) is 10.1 Å². The van der Waals surface area contributed by atoms with E-state index in [1.54, 1.807) is 0 Å². The van der Waals surface area contributed by atoms with Crippen LogP contribution in [0, 0.1) is 11.3 Å². The molecule has 20 heavy (non-hydrogen) atoms. The fourth-order valence-corrected chi connectivity index (χ4v) is 2.12. The third-order valence-electron chi connectivity index (χ3n) is 2.99. The van der Waals surface area contributed by atoms with Gasteiger partial charge in [0.25, 0.3) is 0 Å². The van der Waals surface area contributed by atoms with Crippen LogP contribution in [0.15, 0.2) is 42.1 Å². The Kier molecular flexibility index (Phi) is 3.80. The Morgan fingerprint density at radius 1 is 1.35 bits per heavy atom. The number of nitriles is 1. The van der Waals surface area contributed by atoms with Crippen LogP contribution in [0.1, 0.15) is 32.3 Å². The van der Waals surface area contributed by atoms with Crippen molar-refractivity contribution < 1.29 is 9.53 Å². The SMILES string of the molecule is CC(C)(C)OC(=O)N1CC(c2ccccc2)C=C1C#N. The van der Waals surface area contributed by atoms with Crippen molar-refractivity contribution in [2.45, 2.75) is 32.3 Å². The van der Waals surface area contributed by atoms with Crippen molar-refractivity contribution in [2.24, 2.45) is 0 Å². The Bertz CT molecular complexity index is 564. The summed E-state index contributed by atoms with van der Waals surface area (Å²) in [5.74, 6) is 0.0402. The van der Waals surface area contributed by atoms with Crippen molar-refractivity contribution >= 4 is 6.09 Å². The number of nitrogens with zero attached hydrogens (tertiary/aromatic N) is 2. The highest BCUT2D eigenvalue weighted by Gasteiger charge is 2.32. The largest absolute Gasteiger partial charge is 0.443 e. The van der Waals surface area contributed by atoms with Crippen LogP contribution in [0.25, 0.3) is 0 Å². The molecule has 1 aromatic carbocycles. The molecule has 104 valence electrons. The summed E-state index contributed by atoms with van der Waals surface area (Å²) in [6.07, 6.45) is 1.35. The van der Waals surface area contributed by atoms with Crippen molar-refractivity contribution in [1.29, 1.82) is 5.26 Å². The van der Waals surface area contributed by atoms with E-state index in [1.165, 1.54) is 4.90 Å². The lowest BCUT2D eigenvalue weighted by Gasteiger charge is -2.25. The second-order valence-corrected chi connectivity index (χ2v) is 5.77. The van der Waals surface area contributed by atoms with Gasteiger partial charge in [0.05, 0.1) is 0 Å². The third kappa shape index (κ3) is 3.18. The molecular weight excluding hydrogens is 252 g/mol. The van der Waals surface area contributed by atoms with Crippen LogP contribution in [0.3, 0.4) is 0 Å². The molecule has 1 unspecified atom stereocenters. The van der Waals surface area contributed by atoms with Gasteiger partial charge in [-0.25, -0.2) is 4.79 Å². The normalized spacial score (nSPS) is 18.4. The summed E-state index contributed by atoms with van der Waals surface area (Å²) in [5, 5.41) is 9.18. The van der Waals surface area contributed by atoms with E-state index in [4.69, 9.17) is 4.74 Å². The molecule has 4 nitrogen and oxygen atoms in total. The molecular formula is C16H18N2O2. The fourth-order valence-electron chi connectivity index (χ4n) is 2.12. The van der Waals surface area contributed by atoms with Gasteiger partial charge in [0.15, 0.2) is 0 Å². The van der Waals surface area contributed by atoms with E-state index in [2.05, 4.69) is 6.07 Å². The summed E-state index contributed by atoms with van der Waals surface area (Å²) < 4.78 is 5.33. The lowest BCUT2D eigenvalue weighted by molar-refractivity contribution is 0.0333. The minimum absolute atomic E-state index is 0.0402. The number of benzene rings is 1. The van der Waals surface area contributed by atoms with E-state index in [0.29, 0.717) is 12.2 Å². The molecule has 1 amide bonds. The molecule has 1 aromatic rings. The molecule has 0 spiro atoms. The van der Waals surface area contributed by atoms with Gasteiger partial charge < -0.3 is 4.74 Å². The maximum Gasteiger partial charge on any atom is 0.415 e. The number of carbonyl (C=O) groups excluding carboxylic acids is 1. The topological polar surface area (TPSA) is 53.3 Å². The molecule has 0 saturated heterocycles. The summed E-state index contributed by atoms with van der Waals surface area (Å²) in [7, 11) is 0. The Hall–Kier alpha value is -2.28. The van der Waals surface area contributed by atoms with Gasteiger partial charge in [-0.15, -0.1) is 0 Å². The molecule has 0 radical (unpaired) electrons. The molecule has 0 aliphatic carbocycles. The van der Waals surface area contributed by atoms with Crippen LogP contribution in [-0.4, -0.2) is 23.1 Å². The maximum atomic E-state index is 12.1. The van der Waals surface area contributed by atoms with E-state index in [1.807, 2.05) is 57.2 Å². The first-order valence-corrected chi connectivity index (χ1v) is 6.58. The van der Waals surface area contributed by atoms with Gasteiger partial charge in [0, 0.05) is 12.5 Å². The van der Waals surface area contributed by atoms with Crippen LogP contribution < -0.4 is 0 Å². The van der Waals surface area contributed by atoms with Gasteiger partial charge in [-0.3, -0.25) is 4.90 Å².